The van der Waals surface area contributed by atoms with Crippen molar-refractivity contribution >= 4 is 11.9 Å². The number of carbonyl (C=O) groups is 2. The molecule has 0 bridgehead atoms. The number of ether oxygens (including phenoxy) is 1. The highest BCUT2D eigenvalue weighted by Gasteiger charge is 2.18. The number of hydrogen-bond donors (Lipinski definition) is 2. The zero-order valence-electron chi connectivity index (χ0n) is 9.84. The average molecular weight is 247 g/mol. The summed E-state index contributed by atoms with van der Waals surface area (Å²) < 4.78 is 4.69. The third-order valence-electron chi connectivity index (χ3n) is 2.03. The molecule has 1 atom stereocenters. The Kier molecular flexibility index (Phi) is 5.42. The van der Waals surface area contributed by atoms with Crippen molar-refractivity contribution < 1.29 is 19.4 Å². The molecule has 1 amide bonds. The van der Waals surface area contributed by atoms with Crippen LogP contribution in [-0.4, -0.2) is 36.7 Å². The molecule has 0 saturated carbocycles. The monoisotopic (exact) mass is 247 g/mol. The molecule has 5 heteroatoms. The van der Waals surface area contributed by atoms with Gasteiger partial charge < -0.3 is 15.2 Å². The molecular formula is C13H13NO4. The lowest BCUT2D eigenvalue weighted by atomic mass is 10.2. The van der Waals surface area contributed by atoms with Gasteiger partial charge in [-0.2, -0.15) is 0 Å². The van der Waals surface area contributed by atoms with Gasteiger partial charge >= 0.3 is 5.97 Å². The van der Waals surface area contributed by atoms with E-state index in [1.165, 1.54) is 7.11 Å². The van der Waals surface area contributed by atoms with Crippen molar-refractivity contribution in [3.63, 3.8) is 0 Å². The van der Waals surface area contributed by atoms with E-state index in [0.717, 1.165) is 0 Å². The van der Waals surface area contributed by atoms with Crippen LogP contribution >= 0.6 is 0 Å². The molecule has 0 aromatic heterocycles. The minimum atomic E-state index is -1.16. The van der Waals surface area contributed by atoms with Crippen molar-refractivity contribution in [1.29, 1.82) is 0 Å². The Balaban J connectivity index is 2.61. The van der Waals surface area contributed by atoms with Crippen molar-refractivity contribution in [3.8, 4) is 11.8 Å². The van der Waals surface area contributed by atoms with Gasteiger partial charge in [0, 0.05) is 18.6 Å². The van der Waals surface area contributed by atoms with Crippen molar-refractivity contribution in [2.24, 2.45) is 0 Å². The molecule has 0 spiro atoms. The van der Waals surface area contributed by atoms with Gasteiger partial charge in [0.1, 0.15) is 0 Å². The van der Waals surface area contributed by atoms with Gasteiger partial charge in [-0.25, -0.2) is 4.79 Å². The quantitative estimate of drug-likeness (QED) is 0.748. The third-order valence-corrected chi connectivity index (χ3v) is 2.03. The van der Waals surface area contributed by atoms with E-state index in [-0.39, 0.29) is 6.61 Å². The average Bonchev–Trinajstić information content (AvgIpc) is 2.37. The van der Waals surface area contributed by atoms with Crippen LogP contribution in [-0.2, 0) is 14.3 Å². The molecule has 1 unspecified atom stereocenters. The lowest BCUT2D eigenvalue weighted by Gasteiger charge is -2.10. The normalized spacial score (nSPS) is 10.9. The fourth-order valence-corrected chi connectivity index (χ4v) is 1.19. The van der Waals surface area contributed by atoms with Gasteiger partial charge in [-0.05, 0) is 12.1 Å². The molecule has 0 aliphatic heterocycles. The van der Waals surface area contributed by atoms with Crippen LogP contribution < -0.4 is 5.32 Å². The van der Waals surface area contributed by atoms with Crippen molar-refractivity contribution in [2.75, 3.05) is 13.7 Å². The number of carboxylic acid groups (broad SMARTS) is 1. The van der Waals surface area contributed by atoms with E-state index in [0.29, 0.717) is 5.56 Å². The van der Waals surface area contributed by atoms with E-state index in [4.69, 9.17) is 5.11 Å². The Morgan fingerprint density at radius 2 is 2.06 bits per heavy atom. The molecule has 0 aliphatic rings. The van der Waals surface area contributed by atoms with Crippen molar-refractivity contribution in [3.05, 3.63) is 35.9 Å². The summed E-state index contributed by atoms with van der Waals surface area (Å²) in [7, 11) is 1.36. The predicted molar refractivity (Wildman–Crippen MR) is 64.8 cm³/mol. The summed E-state index contributed by atoms with van der Waals surface area (Å²) in [6.07, 6.45) is 0. The first-order valence-electron chi connectivity index (χ1n) is 5.23. The zero-order chi connectivity index (χ0) is 13.4. The Labute approximate surface area is 105 Å². The lowest BCUT2D eigenvalue weighted by Crippen LogP contribution is -2.43. The summed E-state index contributed by atoms with van der Waals surface area (Å²) in [5.41, 5.74) is 0.686. The van der Waals surface area contributed by atoms with E-state index < -0.39 is 17.9 Å². The first-order valence-corrected chi connectivity index (χ1v) is 5.23. The van der Waals surface area contributed by atoms with E-state index in [1.54, 1.807) is 24.3 Å². The number of carbonyl (C=O) groups excluding carboxylic acids is 1. The highest BCUT2D eigenvalue weighted by Crippen LogP contribution is 1.94. The SMILES string of the molecule is COCC(NC(=O)C#Cc1ccccc1)C(=O)O. The summed E-state index contributed by atoms with van der Waals surface area (Å²) in [6.45, 7) is -0.103. The van der Waals surface area contributed by atoms with Crippen molar-refractivity contribution in [1.82, 2.24) is 5.32 Å². The Morgan fingerprint density at radius 3 is 2.61 bits per heavy atom. The molecule has 0 radical (unpaired) electrons. The van der Waals surface area contributed by atoms with Crippen LogP contribution in [0.1, 0.15) is 5.56 Å². The van der Waals surface area contributed by atoms with Gasteiger partial charge in [0.25, 0.3) is 5.91 Å². The van der Waals surface area contributed by atoms with E-state index in [2.05, 4.69) is 21.9 Å². The van der Waals surface area contributed by atoms with Gasteiger partial charge in [0.05, 0.1) is 6.61 Å². The Bertz CT molecular complexity index is 473. The number of amides is 1. The highest BCUT2D eigenvalue weighted by molar-refractivity contribution is 5.96. The summed E-state index contributed by atoms with van der Waals surface area (Å²) >= 11 is 0. The third kappa shape index (κ3) is 4.68. The molecule has 94 valence electrons. The molecule has 1 aromatic rings. The molecule has 0 aliphatic carbocycles. The van der Waals surface area contributed by atoms with Crippen LogP contribution in [0.4, 0.5) is 0 Å². The first-order chi connectivity index (χ1) is 8.63. The predicted octanol–water partition coefficient (Wildman–Crippen LogP) is 0.254. The van der Waals surface area contributed by atoms with Crippen LogP contribution in [0, 0.1) is 11.8 Å². The molecule has 2 N–H and O–H groups in total. The maximum absolute atomic E-state index is 11.4. The summed E-state index contributed by atoms with van der Waals surface area (Å²) in [4.78, 5) is 22.2. The van der Waals surface area contributed by atoms with Crippen LogP contribution in [0.15, 0.2) is 30.3 Å². The topological polar surface area (TPSA) is 75.6 Å². The maximum Gasteiger partial charge on any atom is 0.328 e. The number of rotatable bonds is 4. The van der Waals surface area contributed by atoms with Gasteiger partial charge in [0.2, 0.25) is 0 Å². The van der Waals surface area contributed by atoms with Gasteiger partial charge in [-0.1, -0.05) is 24.1 Å². The van der Waals surface area contributed by atoms with Crippen LogP contribution in [0.3, 0.4) is 0 Å². The molecule has 5 nitrogen and oxygen atoms in total. The van der Waals surface area contributed by atoms with Crippen LogP contribution in [0.5, 0.6) is 0 Å². The molecule has 1 rings (SSSR count). The maximum atomic E-state index is 11.4. The molecule has 0 fully saturated rings. The first kappa shape index (κ1) is 13.7. The lowest BCUT2D eigenvalue weighted by molar-refractivity contribution is -0.142. The second-order valence-corrected chi connectivity index (χ2v) is 3.44. The minimum Gasteiger partial charge on any atom is -0.480 e. The molecule has 0 heterocycles. The fraction of sp³-hybridized carbons (Fsp3) is 0.231. The second-order valence-electron chi connectivity index (χ2n) is 3.44. The fourth-order valence-electron chi connectivity index (χ4n) is 1.19. The number of nitrogens with one attached hydrogen (secondary N) is 1. The van der Waals surface area contributed by atoms with E-state index in [1.807, 2.05) is 6.07 Å². The van der Waals surface area contributed by atoms with Gasteiger partial charge in [0.15, 0.2) is 6.04 Å². The van der Waals surface area contributed by atoms with Crippen LogP contribution in [0.2, 0.25) is 0 Å². The standard InChI is InChI=1S/C13H13NO4/c1-18-9-11(13(16)17)14-12(15)8-7-10-5-3-2-4-6-10/h2-6,11H,9H2,1H3,(H,14,15)(H,16,17). The van der Waals surface area contributed by atoms with E-state index in [9.17, 15) is 9.59 Å². The van der Waals surface area contributed by atoms with Crippen LogP contribution in [0.25, 0.3) is 0 Å². The molecular weight excluding hydrogens is 234 g/mol. The molecule has 0 saturated heterocycles. The Morgan fingerprint density at radius 1 is 1.39 bits per heavy atom. The molecule has 18 heavy (non-hydrogen) atoms. The number of methoxy groups -OCH3 is 1. The molecule has 1 aromatic carbocycles. The highest BCUT2D eigenvalue weighted by atomic mass is 16.5. The summed E-state index contributed by atoms with van der Waals surface area (Å²) in [6, 6.07) is 7.85. The Hall–Kier alpha value is -2.32. The summed E-state index contributed by atoms with van der Waals surface area (Å²) in [5.74, 6) is 3.15. The van der Waals surface area contributed by atoms with Crippen molar-refractivity contribution in [2.45, 2.75) is 6.04 Å². The van der Waals surface area contributed by atoms with Gasteiger partial charge in [-0.3, -0.25) is 4.79 Å². The number of hydrogen-bond acceptors (Lipinski definition) is 3. The summed E-state index contributed by atoms with van der Waals surface area (Å²) in [5, 5.41) is 11.0. The van der Waals surface area contributed by atoms with Gasteiger partial charge in [-0.15, -0.1) is 0 Å². The second kappa shape index (κ2) is 7.09. The number of carboxylic acids is 1. The smallest absolute Gasteiger partial charge is 0.328 e. The minimum absolute atomic E-state index is 0.103. The number of benzene rings is 1. The zero-order valence-corrected chi connectivity index (χ0v) is 9.84. The number of aliphatic carboxylic acids is 1. The van der Waals surface area contributed by atoms with E-state index >= 15 is 0 Å². The largest absolute Gasteiger partial charge is 0.480 e.